The first-order valence-corrected chi connectivity index (χ1v) is 5.93. The molecule has 2 N–H and O–H groups in total. The van der Waals surface area contributed by atoms with Crippen molar-refractivity contribution in [2.24, 2.45) is 5.73 Å². The lowest BCUT2D eigenvalue weighted by atomic mass is 9.90. The maximum atomic E-state index is 13.0. The average molecular weight is 240 g/mol. The Hall–Kier alpha value is -0.860. The highest BCUT2D eigenvalue weighted by Gasteiger charge is 2.12. The van der Waals surface area contributed by atoms with Gasteiger partial charge < -0.3 is 5.73 Å². The molecule has 86 valence electrons. The summed E-state index contributed by atoms with van der Waals surface area (Å²) >= 11 is 5.73. The second-order valence-electron chi connectivity index (χ2n) is 4.33. The van der Waals surface area contributed by atoms with Gasteiger partial charge in [0.25, 0.3) is 0 Å². The van der Waals surface area contributed by atoms with Gasteiger partial charge in [-0.3, -0.25) is 0 Å². The van der Waals surface area contributed by atoms with Crippen molar-refractivity contribution in [3.05, 3.63) is 40.2 Å². The molecule has 1 atom stereocenters. The second-order valence-corrected chi connectivity index (χ2v) is 4.74. The van der Waals surface area contributed by atoms with Crippen molar-refractivity contribution in [2.45, 2.75) is 31.7 Å². The van der Waals surface area contributed by atoms with E-state index >= 15 is 0 Å². The summed E-state index contributed by atoms with van der Waals surface area (Å²) in [5.41, 5.74) is 8.19. The van der Waals surface area contributed by atoms with Crippen molar-refractivity contribution in [3.8, 4) is 0 Å². The van der Waals surface area contributed by atoms with Crippen LogP contribution in [0.15, 0.2) is 23.8 Å². The molecule has 1 unspecified atom stereocenters. The second kappa shape index (κ2) is 4.98. The zero-order valence-corrected chi connectivity index (χ0v) is 9.80. The number of benzene rings is 1. The van der Waals surface area contributed by atoms with Crippen molar-refractivity contribution < 1.29 is 4.39 Å². The minimum atomic E-state index is -0.371. The molecule has 1 nitrogen and oxygen atoms in total. The molecule has 0 radical (unpaired) electrons. The number of hydrogen-bond donors (Lipinski definition) is 1. The van der Waals surface area contributed by atoms with Crippen molar-refractivity contribution >= 4 is 17.7 Å². The van der Waals surface area contributed by atoms with Gasteiger partial charge in [-0.05, 0) is 43.4 Å². The largest absolute Gasteiger partial charge is 0.327 e. The van der Waals surface area contributed by atoms with Gasteiger partial charge in [0.2, 0.25) is 0 Å². The van der Waals surface area contributed by atoms with Gasteiger partial charge in [0, 0.05) is 6.04 Å². The van der Waals surface area contributed by atoms with Crippen LogP contribution in [-0.2, 0) is 0 Å². The number of nitrogens with two attached hydrogens (primary N) is 1. The molecule has 0 saturated heterocycles. The molecule has 0 amide bonds. The molecular formula is C13H15ClFN. The monoisotopic (exact) mass is 239 g/mol. The van der Waals surface area contributed by atoms with Gasteiger partial charge in [0.1, 0.15) is 5.82 Å². The van der Waals surface area contributed by atoms with E-state index < -0.39 is 0 Å². The van der Waals surface area contributed by atoms with Gasteiger partial charge in [-0.1, -0.05) is 29.3 Å². The fraction of sp³-hybridized carbons (Fsp3) is 0.385. The first-order chi connectivity index (χ1) is 7.65. The summed E-state index contributed by atoms with van der Waals surface area (Å²) in [6.45, 7) is 0. The van der Waals surface area contributed by atoms with Crippen LogP contribution < -0.4 is 5.73 Å². The van der Waals surface area contributed by atoms with Gasteiger partial charge in [-0.15, -0.1) is 0 Å². The summed E-state index contributed by atoms with van der Waals surface area (Å²) in [5.74, 6) is -0.371. The van der Waals surface area contributed by atoms with Crippen LogP contribution in [0.1, 0.15) is 31.2 Å². The third kappa shape index (κ3) is 2.83. The van der Waals surface area contributed by atoms with Crippen molar-refractivity contribution in [1.29, 1.82) is 0 Å². The van der Waals surface area contributed by atoms with E-state index in [1.165, 1.54) is 11.6 Å². The Bertz CT molecular complexity index is 414. The lowest BCUT2D eigenvalue weighted by Gasteiger charge is -2.20. The van der Waals surface area contributed by atoms with Gasteiger partial charge >= 0.3 is 0 Å². The van der Waals surface area contributed by atoms with Crippen molar-refractivity contribution in [2.75, 3.05) is 0 Å². The van der Waals surface area contributed by atoms with E-state index in [9.17, 15) is 4.39 Å². The zero-order valence-electron chi connectivity index (χ0n) is 9.05. The molecule has 1 aromatic carbocycles. The highest BCUT2D eigenvalue weighted by molar-refractivity contribution is 6.30. The summed E-state index contributed by atoms with van der Waals surface area (Å²) in [5, 5.41) is 0.175. The SMILES string of the molecule is NC1CCC/C(=C/c2ccc(F)c(Cl)c2)C1. The lowest BCUT2D eigenvalue weighted by Crippen LogP contribution is -2.23. The van der Waals surface area contributed by atoms with Gasteiger partial charge in [0.15, 0.2) is 0 Å². The van der Waals surface area contributed by atoms with Gasteiger partial charge in [0.05, 0.1) is 5.02 Å². The van der Waals surface area contributed by atoms with Crippen LogP contribution in [0.3, 0.4) is 0 Å². The molecule has 0 aromatic heterocycles. The molecule has 2 rings (SSSR count). The van der Waals surface area contributed by atoms with Crippen LogP contribution in [0.25, 0.3) is 6.08 Å². The molecule has 0 spiro atoms. The molecule has 16 heavy (non-hydrogen) atoms. The standard InChI is InChI=1S/C13H15ClFN/c14-12-8-10(4-5-13(12)15)6-9-2-1-3-11(16)7-9/h4-6,8,11H,1-3,7,16H2/b9-6-. The predicted octanol–water partition coefficient (Wildman–Crippen LogP) is 3.76. The van der Waals surface area contributed by atoms with E-state index in [-0.39, 0.29) is 16.9 Å². The van der Waals surface area contributed by atoms with Crippen LogP contribution in [0, 0.1) is 5.82 Å². The maximum absolute atomic E-state index is 13.0. The van der Waals surface area contributed by atoms with Crippen molar-refractivity contribution in [1.82, 2.24) is 0 Å². The third-order valence-corrected chi connectivity index (χ3v) is 3.20. The highest BCUT2D eigenvalue weighted by atomic mass is 35.5. The van der Waals surface area contributed by atoms with Crippen LogP contribution in [-0.4, -0.2) is 6.04 Å². The first-order valence-electron chi connectivity index (χ1n) is 5.55. The first kappa shape index (κ1) is 11.6. The summed E-state index contributed by atoms with van der Waals surface area (Å²) < 4.78 is 13.0. The topological polar surface area (TPSA) is 26.0 Å². The molecule has 1 aliphatic carbocycles. The smallest absolute Gasteiger partial charge is 0.141 e. The van der Waals surface area contributed by atoms with E-state index in [1.807, 2.05) is 0 Å². The Balaban J connectivity index is 2.18. The summed E-state index contributed by atoms with van der Waals surface area (Å²) in [6, 6.07) is 5.08. The summed E-state index contributed by atoms with van der Waals surface area (Å²) in [4.78, 5) is 0. The Morgan fingerprint density at radius 3 is 2.94 bits per heavy atom. The van der Waals surface area contributed by atoms with E-state index in [0.29, 0.717) is 0 Å². The Labute approximate surface area is 100 Å². The van der Waals surface area contributed by atoms with E-state index in [1.54, 1.807) is 12.1 Å². The number of rotatable bonds is 1. The lowest BCUT2D eigenvalue weighted by molar-refractivity contribution is 0.520. The molecule has 3 heteroatoms. The minimum absolute atomic E-state index is 0.175. The van der Waals surface area contributed by atoms with Gasteiger partial charge in [-0.25, -0.2) is 4.39 Å². The van der Waals surface area contributed by atoms with Crippen LogP contribution in [0.4, 0.5) is 4.39 Å². The average Bonchev–Trinajstić information content (AvgIpc) is 2.24. The van der Waals surface area contributed by atoms with Gasteiger partial charge in [-0.2, -0.15) is 0 Å². The molecule has 0 aliphatic heterocycles. The van der Waals surface area contributed by atoms with Crippen molar-refractivity contribution in [3.63, 3.8) is 0 Å². The fourth-order valence-electron chi connectivity index (χ4n) is 2.10. The maximum Gasteiger partial charge on any atom is 0.141 e. The van der Waals surface area contributed by atoms with Crippen LogP contribution in [0.5, 0.6) is 0 Å². The zero-order chi connectivity index (χ0) is 11.5. The van der Waals surface area contributed by atoms with E-state index in [4.69, 9.17) is 17.3 Å². The number of halogens is 2. The Morgan fingerprint density at radius 2 is 2.25 bits per heavy atom. The molecule has 1 aliphatic rings. The molecular weight excluding hydrogens is 225 g/mol. The van der Waals surface area contributed by atoms with Crippen LogP contribution in [0.2, 0.25) is 5.02 Å². The molecule has 1 aromatic rings. The third-order valence-electron chi connectivity index (χ3n) is 2.91. The summed E-state index contributed by atoms with van der Waals surface area (Å²) in [7, 11) is 0. The number of hydrogen-bond acceptors (Lipinski definition) is 1. The summed E-state index contributed by atoms with van der Waals surface area (Å²) in [6.07, 6.45) is 6.34. The quantitative estimate of drug-likeness (QED) is 0.793. The normalized spacial score (nSPS) is 23.7. The van der Waals surface area contributed by atoms with E-state index in [0.717, 1.165) is 31.2 Å². The van der Waals surface area contributed by atoms with Crippen LogP contribution >= 0.6 is 11.6 Å². The Kier molecular flexibility index (Phi) is 3.62. The molecule has 1 saturated carbocycles. The Morgan fingerprint density at radius 1 is 1.44 bits per heavy atom. The predicted molar refractivity (Wildman–Crippen MR) is 65.8 cm³/mol. The van der Waals surface area contributed by atoms with E-state index in [2.05, 4.69) is 6.08 Å². The fourth-order valence-corrected chi connectivity index (χ4v) is 2.29. The molecule has 1 fully saturated rings. The molecule has 0 heterocycles. The molecule has 0 bridgehead atoms. The minimum Gasteiger partial charge on any atom is -0.327 e. The highest BCUT2D eigenvalue weighted by Crippen LogP contribution is 2.25.